The lowest BCUT2D eigenvalue weighted by molar-refractivity contribution is -0.153. The predicted molar refractivity (Wildman–Crippen MR) is 97.1 cm³/mol. The third-order valence-corrected chi connectivity index (χ3v) is 4.02. The number of nitrogens with one attached hydrogen (secondary N) is 2. The van der Waals surface area contributed by atoms with Crippen LogP contribution in [0.15, 0.2) is 22.8 Å². The van der Waals surface area contributed by atoms with Crippen molar-refractivity contribution in [3.8, 4) is 0 Å². The fourth-order valence-corrected chi connectivity index (χ4v) is 2.42. The number of furan rings is 1. The Morgan fingerprint density at radius 2 is 2.07 bits per heavy atom. The topological polar surface area (TPSA) is 115 Å². The minimum absolute atomic E-state index is 0.0843. The maximum atomic E-state index is 12.2. The Hall–Kier alpha value is -3.10. The highest BCUT2D eigenvalue weighted by molar-refractivity contribution is 5.96. The summed E-state index contributed by atoms with van der Waals surface area (Å²) in [5.74, 6) is -1.06. The van der Waals surface area contributed by atoms with Gasteiger partial charge in [0.25, 0.3) is 11.8 Å². The lowest BCUT2D eigenvalue weighted by Gasteiger charge is -2.14. The van der Waals surface area contributed by atoms with Crippen LogP contribution in [0.25, 0.3) is 0 Å². The number of anilines is 1. The monoisotopic (exact) mass is 376 g/mol. The Balaban J connectivity index is 1.71. The predicted octanol–water partition coefficient (Wildman–Crippen LogP) is 1.71. The molecule has 146 valence electrons. The summed E-state index contributed by atoms with van der Waals surface area (Å²) in [6, 6.07) is 3.17. The van der Waals surface area contributed by atoms with Crippen molar-refractivity contribution in [1.29, 1.82) is 0 Å². The van der Waals surface area contributed by atoms with Gasteiger partial charge >= 0.3 is 5.97 Å². The first-order chi connectivity index (χ1) is 12.8. The van der Waals surface area contributed by atoms with Crippen LogP contribution < -0.4 is 10.6 Å². The van der Waals surface area contributed by atoms with Crippen LogP contribution in [0, 0.1) is 13.8 Å². The van der Waals surface area contributed by atoms with Crippen molar-refractivity contribution in [3.63, 3.8) is 0 Å². The van der Waals surface area contributed by atoms with Gasteiger partial charge in [-0.25, -0.2) is 0 Å². The van der Waals surface area contributed by atoms with E-state index in [4.69, 9.17) is 9.15 Å². The molecule has 0 spiro atoms. The molecule has 9 nitrogen and oxygen atoms in total. The summed E-state index contributed by atoms with van der Waals surface area (Å²) < 4.78 is 11.8. The van der Waals surface area contributed by atoms with Gasteiger partial charge in [0.2, 0.25) is 0 Å². The maximum absolute atomic E-state index is 12.2. The molecule has 2 rings (SSSR count). The van der Waals surface area contributed by atoms with E-state index in [1.807, 2.05) is 6.92 Å². The van der Waals surface area contributed by atoms with E-state index in [2.05, 4.69) is 15.7 Å². The van der Waals surface area contributed by atoms with Gasteiger partial charge in [0, 0.05) is 20.0 Å². The van der Waals surface area contributed by atoms with Crippen LogP contribution in [0.3, 0.4) is 0 Å². The van der Waals surface area contributed by atoms with E-state index in [1.165, 1.54) is 13.2 Å². The molecule has 0 fully saturated rings. The van der Waals surface area contributed by atoms with Crippen LogP contribution in [0.5, 0.6) is 0 Å². The van der Waals surface area contributed by atoms with Gasteiger partial charge in [0.15, 0.2) is 11.9 Å². The van der Waals surface area contributed by atoms with Crippen LogP contribution in [-0.4, -0.2) is 40.2 Å². The molecule has 1 atom stereocenters. The van der Waals surface area contributed by atoms with Gasteiger partial charge in [0.1, 0.15) is 0 Å². The summed E-state index contributed by atoms with van der Waals surface area (Å²) in [5.41, 5.74) is 2.12. The van der Waals surface area contributed by atoms with Gasteiger partial charge in [-0.1, -0.05) is 0 Å². The molecule has 0 saturated heterocycles. The second-order valence-corrected chi connectivity index (χ2v) is 6.13. The first-order valence-electron chi connectivity index (χ1n) is 8.61. The van der Waals surface area contributed by atoms with Gasteiger partial charge in [-0.2, -0.15) is 5.10 Å². The lowest BCUT2D eigenvalue weighted by Crippen LogP contribution is -2.30. The highest BCUT2D eigenvalue weighted by Gasteiger charge is 2.20. The number of ether oxygens (including phenoxy) is 1. The maximum Gasteiger partial charge on any atom is 0.306 e. The lowest BCUT2D eigenvalue weighted by atomic mass is 10.2. The molecule has 0 saturated carbocycles. The Kier molecular flexibility index (Phi) is 6.75. The van der Waals surface area contributed by atoms with E-state index in [-0.39, 0.29) is 18.1 Å². The number of amides is 2. The molecule has 2 aromatic rings. The zero-order valence-electron chi connectivity index (χ0n) is 15.9. The molecule has 2 aromatic heterocycles. The van der Waals surface area contributed by atoms with Gasteiger partial charge < -0.3 is 19.8 Å². The molecule has 0 aromatic carbocycles. The molecule has 2 amide bonds. The molecule has 2 N–H and O–H groups in total. The number of hydrogen-bond acceptors (Lipinski definition) is 6. The molecule has 2 heterocycles. The van der Waals surface area contributed by atoms with E-state index >= 15 is 0 Å². The van der Waals surface area contributed by atoms with Crippen LogP contribution >= 0.6 is 0 Å². The van der Waals surface area contributed by atoms with Crippen LogP contribution in [0.2, 0.25) is 0 Å². The van der Waals surface area contributed by atoms with Gasteiger partial charge in [-0.05, 0) is 39.3 Å². The van der Waals surface area contributed by atoms with Gasteiger partial charge in [-0.3, -0.25) is 19.1 Å². The number of hydrogen-bond donors (Lipinski definition) is 2. The molecule has 0 bridgehead atoms. The Bertz CT molecular complexity index is 810. The van der Waals surface area contributed by atoms with E-state index in [9.17, 15) is 14.4 Å². The fraction of sp³-hybridized carbons (Fsp3) is 0.444. The highest BCUT2D eigenvalue weighted by Crippen LogP contribution is 2.18. The third kappa shape index (κ3) is 5.44. The van der Waals surface area contributed by atoms with Crippen molar-refractivity contribution in [1.82, 2.24) is 15.1 Å². The van der Waals surface area contributed by atoms with E-state index in [0.717, 1.165) is 5.69 Å². The van der Waals surface area contributed by atoms with Crippen LogP contribution in [0.1, 0.15) is 41.7 Å². The summed E-state index contributed by atoms with van der Waals surface area (Å²) in [6.45, 7) is 5.43. The number of aryl methyl sites for hydroxylation is 2. The second kappa shape index (κ2) is 9.02. The van der Waals surface area contributed by atoms with Gasteiger partial charge in [0.05, 0.1) is 23.3 Å². The van der Waals surface area contributed by atoms with Crippen molar-refractivity contribution >= 4 is 23.5 Å². The minimum atomic E-state index is -0.936. The Morgan fingerprint density at radius 1 is 1.33 bits per heavy atom. The Labute approximate surface area is 157 Å². The molecular weight excluding hydrogens is 352 g/mol. The smallest absolute Gasteiger partial charge is 0.306 e. The van der Waals surface area contributed by atoms with Crippen LogP contribution in [-0.2, 0) is 21.4 Å². The van der Waals surface area contributed by atoms with Crippen molar-refractivity contribution < 1.29 is 23.5 Å². The summed E-state index contributed by atoms with van der Waals surface area (Å²) in [7, 11) is 1.78. The summed E-state index contributed by atoms with van der Waals surface area (Å²) >= 11 is 0. The standard InChI is InChI=1S/C18H24N4O5/c1-11-16(12(2)22(4)21-11)20-17(24)13(3)27-15(23)8-5-9-19-18(25)14-7-6-10-26-14/h6-7,10,13H,5,8-9H2,1-4H3,(H,19,25)(H,20,24). The normalized spacial score (nSPS) is 11.7. The number of esters is 1. The third-order valence-electron chi connectivity index (χ3n) is 4.02. The van der Waals surface area contributed by atoms with Crippen molar-refractivity contribution in [2.75, 3.05) is 11.9 Å². The van der Waals surface area contributed by atoms with Crippen molar-refractivity contribution in [3.05, 3.63) is 35.5 Å². The summed E-state index contributed by atoms with van der Waals surface area (Å²) in [5, 5.41) is 9.59. The average molecular weight is 376 g/mol. The molecule has 27 heavy (non-hydrogen) atoms. The van der Waals surface area contributed by atoms with E-state index in [0.29, 0.717) is 24.3 Å². The largest absolute Gasteiger partial charge is 0.459 e. The van der Waals surface area contributed by atoms with Crippen molar-refractivity contribution in [2.24, 2.45) is 7.05 Å². The molecule has 0 aliphatic rings. The molecule has 0 radical (unpaired) electrons. The zero-order valence-corrected chi connectivity index (χ0v) is 15.9. The molecule has 0 aliphatic heterocycles. The minimum Gasteiger partial charge on any atom is -0.459 e. The molecule has 0 aliphatic carbocycles. The number of rotatable bonds is 8. The van der Waals surface area contributed by atoms with E-state index in [1.54, 1.807) is 30.8 Å². The Morgan fingerprint density at radius 3 is 2.67 bits per heavy atom. The fourth-order valence-electron chi connectivity index (χ4n) is 2.42. The summed E-state index contributed by atoms with van der Waals surface area (Å²) in [4.78, 5) is 35.8. The number of nitrogens with zero attached hydrogens (tertiary/aromatic N) is 2. The number of carbonyl (C=O) groups excluding carboxylic acids is 3. The first kappa shape index (κ1) is 20.2. The quantitative estimate of drug-likeness (QED) is 0.535. The van der Waals surface area contributed by atoms with Gasteiger partial charge in [-0.15, -0.1) is 0 Å². The number of aromatic nitrogens is 2. The molecule has 9 heteroatoms. The molecule has 1 unspecified atom stereocenters. The van der Waals surface area contributed by atoms with Crippen LogP contribution in [0.4, 0.5) is 5.69 Å². The van der Waals surface area contributed by atoms with Crippen molar-refractivity contribution in [2.45, 2.75) is 39.7 Å². The molecular formula is C18H24N4O5. The van der Waals surface area contributed by atoms with E-state index < -0.39 is 18.0 Å². The average Bonchev–Trinajstić information content (AvgIpc) is 3.23. The zero-order chi connectivity index (χ0) is 20.0. The SMILES string of the molecule is Cc1nn(C)c(C)c1NC(=O)C(C)OC(=O)CCCNC(=O)c1ccco1. The second-order valence-electron chi connectivity index (χ2n) is 6.13. The first-order valence-corrected chi connectivity index (χ1v) is 8.61. The number of carbonyl (C=O) groups is 3. The highest BCUT2D eigenvalue weighted by atomic mass is 16.5. The summed E-state index contributed by atoms with van der Waals surface area (Å²) in [6.07, 6.45) is 0.948.